The molecule has 0 amide bonds. The predicted molar refractivity (Wildman–Crippen MR) is 191 cm³/mol. The Morgan fingerprint density at radius 1 is 0.523 bits per heavy atom. The van der Waals surface area contributed by atoms with E-state index in [2.05, 4.69) is 143 Å². The van der Waals surface area contributed by atoms with Crippen molar-refractivity contribution in [1.29, 1.82) is 0 Å². The molecule has 7 rings (SSSR count). The fourth-order valence-corrected chi connectivity index (χ4v) is 9.40. The van der Waals surface area contributed by atoms with Crippen molar-refractivity contribution in [3.05, 3.63) is 128 Å². The van der Waals surface area contributed by atoms with Crippen molar-refractivity contribution in [2.24, 2.45) is 0 Å². The molecule has 2 aliphatic carbocycles. The van der Waals surface area contributed by atoms with Crippen LogP contribution in [-0.2, 0) is 16.2 Å². The standard InChI is InChI=1S/C44H48/c1-12-44(13-2,41-28(6)26(4)25(3)27(5)29(41)7)31-19-20-33-34-23-39-35(24-38(34)43(10,11)37(33)22-31)40-32-17-15-14-16-30(32)18-21-36(40)42(39,8)9/h14-24H,12-13H2,1-11H3. The Morgan fingerprint density at radius 3 is 1.73 bits per heavy atom. The summed E-state index contributed by atoms with van der Waals surface area (Å²) in [7, 11) is 0. The first kappa shape index (κ1) is 29.1. The van der Waals surface area contributed by atoms with Gasteiger partial charge in [0.1, 0.15) is 0 Å². The quantitative estimate of drug-likeness (QED) is 0.200. The van der Waals surface area contributed by atoms with Gasteiger partial charge >= 0.3 is 0 Å². The molecule has 0 saturated carbocycles. The molecule has 0 atom stereocenters. The lowest BCUT2D eigenvalue weighted by molar-refractivity contribution is 0.471. The first-order valence-electron chi connectivity index (χ1n) is 16.8. The molecule has 0 heterocycles. The van der Waals surface area contributed by atoms with Gasteiger partial charge in [-0.1, -0.05) is 96.1 Å². The highest BCUT2D eigenvalue weighted by atomic mass is 14.5. The van der Waals surface area contributed by atoms with Crippen molar-refractivity contribution in [1.82, 2.24) is 0 Å². The molecule has 2 aliphatic rings. The Hall–Kier alpha value is -3.64. The van der Waals surface area contributed by atoms with Crippen LogP contribution >= 0.6 is 0 Å². The molecule has 5 aromatic rings. The van der Waals surface area contributed by atoms with E-state index in [1.165, 1.54) is 88.7 Å². The summed E-state index contributed by atoms with van der Waals surface area (Å²) in [5, 5.41) is 2.70. The molecule has 0 bridgehead atoms. The van der Waals surface area contributed by atoms with E-state index < -0.39 is 0 Å². The summed E-state index contributed by atoms with van der Waals surface area (Å²) in [6, 6.07) is 26.3. The van der Waals surface area contributed by atoms with Gasteiger partial charge in [-0.05, 0) is 154 Å². The van der Waals surface area contributed by atoms with Gasteiger partial charge in [0.2, 0.25) is 0 Å². The lowest BCUT2D eigenvalue weighted by atomic mass is 9.65. The molecule has 0 radical (unpaired) electrons. The third-order valence-electron chi connectivity index (χ3n) is 12.6. The molecule has 0 spiro atoms. The minimum absolute atomic E-state index is 0.0150. The normalized spacial score (nSPS) is 15.7. The number of benzene rings is 5. The third-order valence-corrected chi connectivity index (χ3v) is 12.6. The van der Waals surface area contributed by atoms with Crippen LogP contribution in [-0.4, -0.2) is 0 Å². The number of rotatable bonds is 4. The Morgan fingerprint density at radius 2 is 1.07 bits per heavy atom. The SMILES string of the molecule is CCC(CC)(c1ccc2c(c1)C(C)(C)c1cc3c(cc1-2)C(C)(C)c1ccc2ccccc2c1-3)c1c(C)c(C)c(C)c(C)c1C. The summed E-state index contributed by atoms with van der Waals surface area (Å²) < 4.78 is 0. The zero-order valence-corrected chi connectivity index (χ0v) is 28.8. The van der Waals surface area contributed by atoms with E-state index in [9.17, 15) is 0 Å². The lowest BCUT2D eigenvalue weighted by Crippen LogP contribution is -2.30. The largest absolute Gasteiger partial charge is 0.0642 e. The fourth-order valence-electron chi connectivity index (χ4n) is 9.40. The van der Waals surface area contributed by atoms with Crippen LogP contribution in [0, 0.1) is 34.6 Å². The van der Waals surface area contributed by atoms with Crippen LogP contribution in [0.1, 0.15) is 116 Å². The van der Waals surface area contributed by atoms with Crippen molar-refractivity contribution < 1.29 is 0 Å². The molecular formula is C44H48. The number of fused-ring (bicyclic) bond motifs is 8. The Bertz CT molecular complexity index is 1990. The zero-order valence-electron chi connectivity index (χ0n) is 28.8. The van der Waals surface area contributed by atoms with Crippen LogP contribution in [0.5, 0.6) is 0 Å². The maximum absolute atomic E-state index is 2.60. The first-order valence-corrected chi connectivity index (χ1v) is 16.8. The second-order valence-electron chi connectivity index (χ2n) is 15.0. The van der Waals surface area contributed by atoms with E-state index in [-0.39, 0.29) is 16.2 Å². The average Bonchev–Trinajstić information content (AvgIpc) is 3.39. The molecule has 224 valence electrons. The molecule has 0 nitrogen and oxygen atoms in total. The van der Waals surface area contributed by atoms with E-state index in [1.54, 1.807) is 5.56 Å². The maximum atomic E-state index is 2.60. The Balaban J connectivity index is 1.45. The van der Waals surface area contributed by atoms with Gasteiger partial charge in [0.15, 0.2) is 0 Å². The maximum Gasteiger partial charge on any atom is 0.0203 e. The van der Waals surface area contributed by atoms with E-state index in [0.717, 1.165) is 12.8 Å². The van der Waals surface area contributed by atoms with E-state index in [1.807, 2.05) is 0 Å². The molecule has 0 aliphatic heterocycles. The van der Waals surface area contributed by atoms with Crippen LogP contribution in [0.4, 0.5) is 0 Å². The third kappa shape index (κ3) is 3.52. The molecule has 0 heteroatoms. The highest BCUT2D eigenvalue weighted by molar-refractivity contribution is 6.03. The van der Waals surface area contributed by atoms with Crippen molar-refractivity contribution in [2.75, 3.05) is 0 Å². The average molecular weight is 577 g/mol. The smallest absolute Gasteiger partial charge is 0.0203 e. The summed E-state index contributed by atoms with van der Waals surface area (Å²) in [6.07, 6.45) is 2.18. The highest BCUT2D eigenvalue weighted by Crippen LogP contribution is 2.58. The summed E-state index contributed by atoms with van der Waals surface area (Å²) in [4.78, 5) is 0. The molecular weight excluding hydrogens is 528 g/mol. The van der Waals surface area contributed by atoms with E-state index in [0.29, 0.717) is 0 Å². The molecule has 0 aromatic heterocycles. The van der Waals surface area contributed by atoms with Gasteiger partial charge in [-0.15, -0.1) is 0 Å². The van der Waals surface area contributed by atoms with Crippen molar-refractivity contribution in [2.45, 2.75) is 105 Å². The van der Waals surface area contributed by atoms with Gasteiger partial charge in [0, 0.05) is 16.2 Å². The summed E-state index contributed by atoms with van der Waals surface area (Å²) >= 11 is 0. The summed E-state index contributed by atoms with van der Waals surface area (Å²) in [6.45, 7) is 26.2. The number of hydrogen-bond acceptors (Lipinski definition) is 0. The predicted octanol–water partition coefficient (Wildman–Crippen LogP) is 12.1. The first-order chi connectivity index (χ1) is 20.8. The molecule has 44 heavy (non-hydrogen) atoms. The number of hydrogen-bond donors (Lipinski definition) is 0. The fraction of sp³-hybridized carbons (Fsp3) is 0.364. The van der Waals surface area contributed by atoms with Gasteiger partial charge < -0.3 is 0 Å². The monoisotopic (exact) mass is 576 g/mol. The van der Waals surface area contributed by atoms with Crippen molar-refractivity contribution >= 4 is 10.8 Å². The van der Waals surface area contributed by atoms with Gasteiger partial charge in [-0.25, -0.2) is 0 Å². The highest BCUT2D eigenvalue weighted by Gasteiger charge is 2.43. The minimum Gasteiger partial charge on any atom is -0.0642 e. The molecule has 0 fully saturated rings. The molecule has 0 saturated heterocycles. The van der Waals surface area contributed by atoms with Gasteiger partial charge in [-0.3, -0.25) is 0 Å². The lowest BCUT2D eigenvalue weighted by Gasteiger charge is -2.38. The second kappa shape index (κ2) is 9.43. The van der Waals surface area contributed by atoms with E-state index in [4.69, 9.17) is 0 Å². The molecule has 0 unspecified atom stereocenters. The zero-order chi connectivity index (χ0) is 31.5. The van der Waals surface area contributed by atoms with Crippen LogP contribution in [0.15, 0.2) is 66.7 Å². The van der Waals surface area contributed by atoms with Crippen LogP contribution in [0.3, 0.4) is 0 Å². The van der Waals surface area contributed by atoms with Crippen LogP contribution in [0.2, 0.25) is 0 Å². The molecule has 0 N–H and O–H groups in total. The topological polar surface area (TPSA) is 0 Å². The van der Waals surface area contributed by atoms with Gasteiger partial charge in [0.05, 0.1) is 0 Å². The second-order valence-corrected chi connectivity index (χ2v) is 15.0. The van der Waals surface area contributed by atoms with Crippen LogP contribution < -0.4 is 0 Å². The minimum atomic E-state index is -0.0798. The van der Waals surface area contributed by atoms with Crippen molar-refractivity contribution in [3.8, 4) is 22.3 Å². The van der Waals surface area contributed by atoms with Gasteiger partial charge in [0.25, 0.3) is 0 Å². The summed E-state index contributed by atoms with van der Waals surface area (Å²) in [5.41, 5.74) is 21.8. The molecule has 5 aromatic carbocycles. The van der Waals surface area contributed by atoms with E-state index >= 15 is 0 Å². The van der Waals surface area contributed by atoms with Crippen molar-refractivity contribution in [3.63, 3.8) is 0 Å². The Kier molecular flexibility index (Phi) is 6.24. The van der Waals surface area contributed by atoms with Gasteiger partial charge in [-0.2, -0.15) is 0 Å². The summed E-state index contributed by atoms with van der Waals surface area (Å²) in [5.74, 6) is 0. The van der Waals surface area contributed by atoms with Crippen LogP contribution in [0.25, 0.3) is 33.0 Å². The Labute approximate surface area is 265 Å².